The third-order valence-electron chi connectivity index (χ3n) is 4.29. The third kappa shape index (κ3) is 4.21. The first kappa shape index (κ1) is 18.6. The van der Waals surface area contributed by atoms with E-state index < -0.39 is 12.1 Å². The van der Waals surface area contributed by atoms with E-state index in [1.807, 2.05) is 72.1 Å². The number of fused-ring (bicyclic) bond motifs is 1. The molecule has 0 aliphatic carbocycles. The molecule has 2 N–H and O–H groups in total. The smallest absolute Gasteiger partial charge is 0.408 e. The van der Waals surface area contributed by atoms with Gasteiger partial charge in [-0.3, -0.25) is 4.79 Å². The molecule has 2 unspecified atom stereocenters. The maximum absolute atomic E-state index is 12.9. The average molecular weight is 411 g/mol. The Hall–Kier alpha value is -2.77. The second-order valence-electron chi connectivity index (χ2n) is 6.22. The Balaban J connectivity index is 1.53. The first-order valence-electron chi connectivity index (χ1n) is 8.78. The number of hydrogen-bond acceptors (Lipinski definition) is 5. The zero-order valence-corrected chi connectivity index (χ0v) is 16.5. The van der Waals surface area contributed by atoms with E-state index in [1.165, 1.54) is 0 Å². The first-order chi connectivity index (χ1) is 13.7. The quantitative estimate of drug-likeness (QED) is 0.647. The van der Waals surface area contributed by atoms with E-state index in [0.29, 0.717) is 0 Å². The summed E-state index contributed by atoms with van der Waals surface area (Å²) in [6, 6.07) is 20.3. The fourth-order valence-corrected chi connectivity index (χ4v) is 5.19. The van der Waals surface area contributed by atoms with Crippen LogP contribution < -0.4 is 10.6 Å². The van der Waals surface area contributed by atoms with Crippen LogP contribution in [-0.4, -0.2) is 18.0 Å². The molecule has 142 valence electrons. The SMILES string of the molecule is O=C(NC1C(=O)Nc2ccccc2SC1c1cccs1)OCc1ccccc1. The van der Waals surface area contributed by atoms with Gasteiger partial charge in [-0.05, 0) is 29.1 Å². The average Bonchev–Trinajstić information content (AvgIpc) is 3.21. The largest absolute Gasteiger partial charge is 0.445 e. The second kappa shape index (κ2) is 8.50. The summed E-state index contributed by atoms with van der Waals surface area (Å²) in [5.41, 5.74) is 1.64. The monoisotopic (exact) mass is 410 g/mol. The van der Waals surface area contributed by atoms with Gasteiger partial charge in [-0.1, -0.05) is 48.5 Å². The molecule has 1 aliphatic rings. The number of thioether (sulfide) groups is 1. The van der Waals surface area contributed by atoms with E-state index in [9.17, 15) is 9.59 Å². The molecular formula is C21H18N2O3S2. The summed E-state index contributed by atoms with van der Waals surface area (Å²) in [5.74, 6) is -0.257. The Morgan fingerprint density at radius 1 is 1.04 bits per heavy atom. The number of anilines is 1. The molecule has 5 nitrogen and oxygen atoms in total. The molecule has 1 aromatic heterocycles. The van der Waals surface area contributed by atoms with Gasteiger partial charge >= 0.3 is 6.09 Å². The number of amides is 2. The molecule has 0 radical (unpaired) electrons. The number of carbonyl (C=O) groups is 2. The minimum atomic E-state index is -0.751. The van der Waals surface area contributed by atoms with Gasteiger partial charge in [-0.15, -0.1) is 23.1 Å². The highest BCUT2D eigenvalue weighted by atomic mass is 32.2. The van der Waals surface area contributed by atoms with E-state index in [-0.39, 0.29) is 17.8 Å². The maximum atomic E-state index is 12.9. The van der Waals surface area contributed by atoms with Crippen molar-refractivity contribution < 1.29 is 14.3 Å². The van der Waals surface area contributed by atoms with Crippen LogP contribution in [0.25, 0.3) is 0 Å². The van der Waals surface area contributed by atoms with Gasteiger partial charge < -0.3 is 15.4 Å². The van der Waals surface area contributed by atoms with Crippen molar-refractivity contribution in [3.8, 4) is 0 Å². The number of rotatable bonds is 4. The molecule has 7 heteroatoms. The molecule has 0 bridgehead atoms. The fourth-order valence-electron chi connectivity index (χ4n) is 2.93. The van der Waals surface area contributed by atoms with Crippen LogP contribution in [0.3, 0.4) is 0 Å². The van der Waals surface area contributed by atoms with Crippen molar-refractivity contribution in [2.45, 2.75) is 22.8 Å². The number of benzene rings is 2. The molecule has 0 saturated carbocycles. The van der Waals surface area contributed by atoms with Gasteiger partial charge in [0.05, 0.1) is 10.9 Å². The van der Waals surface area contributed by atoms with Crippen LogP contribution in [0.5, 0.6) is 0 Å². The highest BCUT2D eigenvalue weighted by molar-refractivity contribution is 8.00. The highest BCUT2D eigenvalue weighted by Crippen LogP contribution is 2.45. The summed E-state index contributed by atoms with van der Waals surface area (Å²) in [7, 11) is 0. The van der Waals surface area contributed by atoms with Gasteiger partial charge in [0, 0.05) is 9.77 Å². The molecule has 1 aliphatic heterocycles. The molecular weight excluding hydrogens is 392 g/mol. The molecule has 2 aromatic carbocycles. The molecule has 0 spiro atoms. The highest BCUT2D eigenvalue weighted by Gasteiger charge is 2.36. The molecule has 2 heterocycles. The van der Waals surface area contributed by atoms with Gasteiger partial charge in [-0.2, -0.15) is 0 Å². The fraction of sp³-hybridized carbons (Fsp3) is 0.143. The molecule has 4 rings (SSSR count). The Labute approximate surface area is 171 Å². The Bertz CT molecular complexity index is 961. The minimum Gasteiger partial charge on any atom is -0.445 e. The Morgan fingerprint density at radius 3 is 2.61 bits per heavy atom. The summed E-state index contributed by atoms with van der Waals surface area (Å²) in [4.78, 5) is 27.3. The summed E-state index contributed by atoms with van der Waals surface area (Å²) in [5, 5.41) is 7.41. The molecule has 0 fully saturated rings. The molecule has 28 heavy (non-hydrogen) atoms. The molecule has 0 saturated heterocycles. The lowest BCUT2D eigenvalue weighted by Crippen LogP contribution is -2.46. The maximum Gasteiger partial charge on any atom is 0.408 e. The van der Waals surface area contributed by atoms with Crippen LogP contribution in [-0.2, 0) is 16.1 Å². The Morgan fingerprint density at radius 2 is 1.82 bits per heavy atom. The predicted molar refractivity (Wildman–Crippen MR) is 112 cm³/mol. The van der Waals surface area contributed by atoms with Gasteiger partial charge in [0.1, 0.15) is 12.6 Å². The minimum absolute atomic E-state index is 0.151. The Kier molecular flexibility index (Phi) is 5.64. The number of ether oxygens (including phenoxy) is 1. The van der Waals surface area contributed by atoms with Crippen LogP contribution in [0, 0.1) is 0 Å². The van der Waals surface area contributed by atoms with E-state index in [4.69, 9.17) is 4.74 Å². The van der Waals surface area contributed by atoms with Gasteiger partial charge in [0.2, 0.25) is 5.91 Å². The van der Waals surface area contributed by atoms with Gasteiger partial charge in [0.15, 0.2) is 0 Å². The summed E-state index contributed by atoms with van der Waals surface area (Å²) < 4.78 is 5.33. The van der Waals surface area contributed by atoms with Crippen molar-refractivity contribution in [1.82, 2.24) is 5.32 Å². The lowest BCUT2D eigenvalue weighted by atomic mass is 10.1. The lowest BCUT2D eigenvalue weighted by molar-refractivity contribution is -0.118. The lowest BCUT2D eigenvalue weighted by Gasteiger charge is -2.23. The van der Waals surface area contributed by atoms with Crippen LogP contribution in [0.1, 0.15) is 15.7 Å². The zero-order valence-electron chi connectivity index (χ0n) is 14.8. The first-order valence-corrected chi connectivity index (χ1v) is 10.5. The summed E-state index contributed by atoms with van der Waals surface area (Å²) in [6.45, 7) is 0.151. The van der Waals surface area contributed by atoms with Gasteiger partial charge in [0.25, 0.3) is 0 Å². The van der Waals surface area contributed by atoms with E-state index in [0.717, 1.165) is 21.0 Å². The van der Waals surface area contributed by atoms with Crippen molar-refractivity contribution >= 4 is 40.8 Å². The van der Waals surface area contributed by atoms with Crippen LogP contribution >= 0.6 is 23.1 Å². The van der Waals surface area contributed by atoms with Crippen molar-refractivity contribution in [2.24, 2.45) is 0 Å². The summed E-state index contributed by atoms with van der Waals surface area (Å²) in [6.07, 6.45) is -0.614. The van der Waals surface area contributed by atoms with Crippen LogP contribution in [0.4, 0.5) is 10.5 Å². The summed E-state index contributed by atoms with van der Waals surface area (Å²) >= 11 is 3.12. The van der Waals surface area contributed by atoms with E-state index in [1.54, 1.807) is 23.1 Å². The second-order valence-corrected chi connectivity index (χ2v) is 8.39. The third-order valence-corrected chi connectivity index (χ3v) is 6.79. The van der Waals surface area contributed by atoms with Gasteiger partial charge in [-0.25, -0.2) is 4.79 Å². The predicted octanol–water partition coefficient (Wildman–Crippen LogP) is 4.83. The number of thiophene rings is 1. The zero-order chi connectivity index (χ0) is 19.3. The standard InChI is InChI=1S/C21H18N2O3S2/c24-20-18(23-21(25)26-13-14-7-2-1-3-8-14)19(17-11-6-12-27-17)28-16-10-5-4-9-15(16)22-20/h1-12,18-19H,13H2,(H,22,24)(H,23,25). The van der Waals surface area contributed by atoms with Crippen LogP contribution in [0.2, 0.25) is 0 Å². The van der Waals surface area contributed by atoms with Crippen LogP contribution in [0.15, 0.2) is 77.0 Å². The normalized spacial score (nSPS) is 18.5. The number of nitrogens with one attached hydrogen (secondary N) is 2. The van der Waals surface area contributed by atoms with E-state index >= 15 is 0 Å². The number of carbonyl (C=O) groups excluding carboxylic acids is 2. The topological polar surface area (TPSA) is 67.4 Å². The van der Waals surface area contributed by atoms with E-state index in [2.05, 4.69) is 10.6 Å². The molecule has 2 atom stereocenters. The molecule has 3 aromatic rings. The number of para-hydroxylation sites is 1. The van der Waals surface area contributed by atoms with Crippen molar-refractivity contribution in [3.05, 3.63) is 82.6 Å². The van der Waals surface area contributed by atoms with Crippen molar-refractivity contribution in [3.63, 3.8) is 0 Å². The van der Waals surface area contributed by atoms with Crippen molar-refractivity contribution in [1.29, 1.82) is 0 Å². The number of hydrogen-bond donors (Lipinski definition) is 2. The van der Waals surface area contributed by atoms with Crippen molar-refractivity contribution in [2.75, 3.05) is 5.32 Å². The number of alkyl carbamates (subject to hydrolysis) is 1. The molecule has 2 amide bonds.